The summed E-state index contributed by atoms with van der Waals surface area (Å²) in [6, 6.07) is 0. The van der Waals surface area contributed by atoms with Gasteiger partial charge < -0.3 is 0 Å². The summed E-state index contributed by atoms with van der Waals surface area (Å²) in [6.45, 7) is 0. The van der Waals surface area contributed by atoms with Gasteiger partial charge in [0, 0.05) is 0 Å². The maximum absolute atomic E-state index is 13.1. The fourth-order valence-electron chi connectivity index (χ4n) is 1.23. The fourth-order valence-corrected chi connectivity index (χ4v) is 1.37. The largest absolute Gasteiger partial charge is 0.458 e. The van der Waals surface area contributed by atoms with Gasteiger partial charge in [-0.3, -0.25) is 9.53 Å². The fraction of sp³-hybridized carbons (Fsp3) is 0.889. The number of halogens is 17. The van der Waals surface area contributed by atoms with Crippen LogP contribution in [0.4, 0.5) is 74.6 Å². The van der Waals surface area contributed by atoms with Gasteiger partial charge in [0.1, 0.15) is 0 Å². The SMILES string of the molecule is O=C(S)C(F)(F)C(F)(F)C(F)(F)C(F)(F)C(F)(F)OC(F)(C(F)(F)F)C(F)(F)F. The molecule has 0 amide bonds. The molecule has 0 aliphatic heterocycles. The Bertz CT molecular complexity index is 618. The first-order valence-electron chi connectivity index (χ1n) is 5.80. The third kappa shape index (κ3) is 3.92. The molecule has 2 nitrogen and oxygen atoms in total. The van der Waals surface area contributed by atoms with Gasteiger partial charge in [-0.25, -0.2) is 0 Å². The highest BCUT2D eigenvalue weighted by atomic mass is 32.1. The summed E-state index contributed by atoms with van der Waals surface area (Å²) >= 11 is 1.89. The van der Waals surface area contributed by atoms with Gasteiger partial charge >= 0.3 is 48.0 Å². The van der Waals surface area contributed by atoms with Crippen LogP contribution in [0, 0.1) is 0 Å². The molecule has 0 unspecified atom stereocenters. The van der Waals surface area contributed by atoms with Gasteiger partial charge in [0.25, 0.3) is 5.12 Å². The van der Waals surface area contributed by atoms with Crippen molar-refractivity contribution in [2.45, 2.75) is 48.0 Å². The highest BCUT2D eigenvalue weighted by molar-refractivity contribution is 7.96. The molecule has 0 aliphatic carbocycles. The van der Waals surface area contributed by atoms with Crippen molar-refractivity contribution in [3.05, 3.63) is 0 Å². The molecule has 0 spiro atoms. The van der Waals surface area contributed by atoms with Gasteiger partial charge in [0.05, 0.1) is 0 Å². The van der Waals surface area contributed by atoms with E-state index in [0.717, 1.165) is 4.74 Å². The van der Waals surface area contributed by atoms with Crippen molar-refractivity contribution in [3.63, 3.8) is 0 Å². The minimum Gasteiger partial charge on any atom is -0.280 e. The first kappa shape index (κ1) is 27.8. The van der Waals surface area contributed by atoms with Crippen LogP contribution in [0.15, 0.2) is 0 Å². The second-order valence-electron chi connectivity index (χ2n) is 4.81. The van der Waals surface area contributed by atoms with Crippen molar-refractivity contribution in [3.8, 4) is 0 Å². The lowest BCUT2D eigenvalue weighted by molar-refractivity contribution is -0.523. The third-order valence-corrected chi connectivity index (χ3v) is 3.10. The standard InChI is InChI=1S/C9HF17O2S/c10-2(11,1(27)29)3(12,13)4(14,15)5(16,17)9(25,26)28-6(18,7(19,20)21)8(22,23)24/h(H,27,29). The van der Waals surface area contributed by atoms with E-state index in [2.05, 4.69) is 0 Å². The Morgan fingerprint density at radius 1 is 0.552 bits per heavy atom. The number of ether oxygens (including phenoxy) is 1. The van der Waals surface area contributed by atoms with Crippen LogP contribution in [-0.2, 0) is 9.53 Å². The zero-order valence-electron chi connectivity index (χ0n) is 12.2. The van der Waals surface area contributed by atoms with E-state index in [1.807, 2.05) is 12.6 Å². The van der Waals surface area contributed by atoms with E-state index in [4.69, 9.17) is 0 Å². The smallest absolute Gasteiger partial charge is 0.280 e. The van der Waals surface area contributed by atoms with Crippen molar-refractivity contribution in [1.29, 1.82) is 0 Å². The molecule has 0 aromatic carbocycles. The van der Waals surface area contributed by atoms with Gasteiger partial charge in [-0.1, -0.05) is 12.6 Å². The average Bonchev–Trinajstić information content (AvgIpc) is 2.43. The quantitative estimate of drug-likeness (QED) is 0.379. The van der Waals surface area contributed by atoms with Gasteiger partial charge in [0.2, 0.25) is 0 Å². The van der Waals surface area contributed by atoms with Crippen molar-refractivity contribution in [1.82, 2.24) is 0 Å². The molecule has 0 heterocycles. The zero-order chi connectivity index (χ0) is 24.3. The molecule has 0 saturated carbocycles. The number of hydrogen-bond donors (Lipinski definition) is 1. The number of carbonyl (C=O) groups is 1. The van der Waals surface area contributed by atoms with E-state index in [-0.39, 0.29) is 0 Å². The Balaban J connectivity index is 6.58. The molecule has 0 rings (SSSR count). The lowest BCUT2D eigenvalue weighted by atomic mass is 9.98. The minimum atomic E-state index is -8.38. The normalized spacial score (nSPS) is 16.2. The van der Waals surface area contributed by atoms with E-state index >= 15 is 0 Å². The lowest BCUT2D eigenvalue weighted by Crippen LogP contribution is -2.71. The number of hydrogen-bond acceptors (Lipinski definition) is 2. The van der Waals surface area contributed by atoms with Crippen LogP contribution in [0.1, 0.15) is 0 Å². The molecule has 0 fully saturated rings. The van der Waals surface area contributed by atoms with Crippen molar-refractivity contribution >= 4 is 17.7 Å². The average molecular weight is 496 g/mol. The monoisotopic (exact) mass is 496 g/mol. The Morgan fingerprint density at radius 3 is 1.10 bits per heavy atom. The van der Waals surface area contributed by atoms with E-state index in [9.17, 15) is 79.4 Å². The number of rotatable bonds is 7. The molecule has 0 atom stereocenters. The number of carbonyl (C=O) groups excluding carboxylic acids is 1. The summed E-state index contributed by atoms with van der Waals surface area (Å²) in [4.78, 5) is 10.1. The number of alkyl halides is 17. The number of thiol groups is 1. The van der Waals surface area contributed by atoms with Crippen LogP contribution in [0.2, 0.25) is 0 Å². The summed E-state index contributed by atoms with van der Waals surface area (Å²) in [5.41, 5.74) is 0. The lowest BCUT2D eigenvalue weighted by Gasteiger charge is -2.40. The molecular formula is C9HF17O2S. The Morgan fingerprint density at radius 2 is 0.862 bits per heavy atom. The Hall–Kier alpha value is -1.21. The van der Waals surface area contributed by atoms with Crippen LogP contribution in [0.5, 0.6) is 0 Å². The topological polar surface area (TPSA) is 26.3 Å². The zero-order valence-corrected chi connectivity index (χ0v) is 13.1. The van der Waals surface area contributed by atoms with E-state index in [1.165, 1.54) is 0 Å². The molecule has 0 aromatic rings. The van der Waals surface area contributed by atoms with Crippen LogP contribution in [-0.4, -0.2) is 53.1 Å². The summed E-state index contributed by atoms with van der Waals surface area (Å²) in [6.07, 6.45) is -23.6. The predicted octanol–water partition coefficient (Wildman–Crippen LogP) is 5.38. The second kappa shape index (κ2) is 6.91. The Labute approximate surface area is 151 Å². The molecule has 0 aliphatic rings. The molecule has 0 aromatic heterocycles. The second-order valence-corrected chi connectivity index (χ2v) is 5.22. The first-order chi connectivity index (χ1) is 12.2. The minimum absolute atomic E-state index is 1.11. The summed E-state index contributed by atoms with van der Waals surface area (Å²) < 4.78 is 216. The maximum atomic E-state index is 13.1. The molecule has 20 heteroatoms. The van der Waals surface area contributed by atoms with E-state index in [1.54, 1.807) is 0 Å². The summed E-state index contributed by atoms with van der Waals surface area (Å²) in [7, 11) is 0. The van der Waals surface area contributed by atoms with Gasteiger partial charge in [-0.05, 0) is 0 Å². The summed E-state index contributed by atoms with van der Waals surface area (Å²) in [5, 5.41) is -3.65. The van der Waals surface area contributed by atoms with Gasteiger partial charge in [-0.15, -0.1) is 0 Å². The van der Waals surface area contributed by atoms with Crippen molar-refractivity contribution in [2.75, 3.05) is 0 Å². The van der Waals surface area contributed by atoms with Crippen LogP contribution < -0.4 is 0 Å². The molecule has 174 valence electrons. The third-order valence-electron chi connectivity index (χ3n) is 2.82. The maximum Gasteiger partial charge on any atom is 0.458 e. The highest BCUT2D eigenvalue weighted by Crippen LogP contribution is 2.60. The molecule has 0 radical (unpaired) electrons. The van der Waals surface area contributed by atoms with E-state index < -0.39 is 53.1 Å². The van der Waals surface area contributed by atoms with Crippen LogP contribution in [0.3, 0.4) is 0 Å². The highest BCUT2D eigenvalue weighted by Gasteiger charge is 2.90. The van der Waals surface area contributed by atoms with Gasteiger partial charge in [0.15, 0.2) is 0 Å². The van der Waals surface area contributed by atoms with Crippen molar-refractivity contribution in [2.24, 2.45) is 0 Å². The predicted molar refractivity (Wildman–Crippen MR) is 55.8 cm³/mol. The van der Waals surface area contributed by atoms with Crippen LogP contribution >= 0.6 is 12.6 Å². The van der Waals surface area contributed by atoms with Crippen molar-refractivity contribution < 1.29 is 84.2 Å². The molecule has 0 N–H and O–H groups in total. The van der Waals surface area contributed by atoms with Gasteiger partial charge in [-0.2, -0.15) is 74.6 Å². The molecule has 0 bridgehead atoms. The molecule has 29 heavy (non-hydrogen) atoms. The molecule has 0 saturated heterocycles. The first-order valence-corrected chi connectivity index (χ1v) is 6.25. The van der Waals surface area contributed by atoms with Crippen LogP contribution in [0.25, 0.3) is 0 Å². The Kier molecular flexibility index (Phi) is 6.62. The molecular weight excluding hydrogens is 495 g/mol. The van der Waals surface area contributed by atoms with E-state index in [0.29, 0.717) is 0 Å². The summed E-state index contributed by atoms with van der Waals surface area (Å²) in [5.74, 6) is -39.4.